The van der Waals surface area contributed by atoms with Gasteiger partial charge in [0.25, 0.3) is 0 Å². The van der Waals surface area contributed by atoms with Gasteiger partial charge in [-0.3, -0.25) is 4.98 Å². The van der Waals surface area contributed by atoms with E-state index < -0.39 is 5.54 Å². The summed E-state index contributed by atoms with van der Waals surface area (Å²) in [5.74, 6) is 0.595. The molecule has 110 valence electrons. The summed E-state index contributed by atoms with van der Waals surface area (Å²) in [6.45, 7) is 0. The van der Waals surface area contributed by atoms with E-state index in [0.29, 0.717) is 17.4 Å². The molecule has 2 heterocycles. The van der Waals surface area contributed by atoms with Crippen LogP contribution in [0.2, 0.25) is 0 Å². The molecule has 1 aromatic carbocycles. The van der Waals surface area contributed by atoms with Crippen LogP contribution in [0.25, 0.3) is 22.6 Å². The summed E-state index contributed by atoms with van der Waals surface area (Å²) in [6, 6.07) is 10.0. The predicted molar refractivity (Wildman–Crippen MR) is 78.0 cm³/mol. The first-order valence-electron chi connectivity index (χ1n) is 6.99. The number of rotatable bonds is 3. The lowest BCUT2D eigenvalue weighted by atomic mass is 10.1. The highest BCUT2D eigenvalue weighted by atomic mass is 19.1. The molecule has 1 aliphatic carbocycles. The van der Waals surface area contributed by atoms with Crippen molar-refractivity contribution in [3.8, 4) is 22.6 Å². The zero-order valence-corrected chi connectivity index (χ0v) is 11.7. The van der Waals surface area contributed by atoms with Crippen LogP contribution >= 0.6 is 0 Å². The summed E-state index contributed by atoms with van der Waals surface area (Å²) in [6.07, 6.45) is 3.39. The van der Waals surface area contributed by atoms with E-state index in [-0.39, 0.29) is 5.82 Å². The molecule has 1 fully saturated rings. The minimum absolute atomic E-state index is 0.276. The monoisotopic (exact) mass is 296 g/mol. The molecule has 0 saturated heterocycles. The molecule has 4 rings (SSSR count). The van der Waals surface area contributed by atoms with Crippen molar-refractivity contribution < 1.29 is 8.91 Å². The highest BCUT2D eigenvalue weighted by molar-refractivity contribution is 5.64. The first-order valence-corrected chi connectivity index (χ1v) is 6.99. The summed E-state index contributed by atoms with van der Waals surface area (Å²) >= 11 is 0. The predicted octanol–water partition coefficient (Wildman–Crippen LogP) is 2.89. The van der Waals surface area contributed by atoms with Gasteiger partial charge in [-0.25, -0.2) is 4.39 Å². The molecule has 0 radical (unpaired) electrons. The van der Waals surface area contributed by atoms with Crippen LogP contribution in [-0.4, -0.2) is 15.1 Å². The Morgan fingerprint density at radius 2 is 2.00 bits per heavy atom. The zero-order chi connectivity index (χ0) is 15.2. The van der Waals surface area contributed by atoms with E-state index in [4.69, 9.17) is 10.3 Å². The van der Waals surface area contributed by atoms with Crippen LogP contribution in [0.15, 0.2) is 47.1 Å². The van der Waals surface area contributed by atoms with Gasteiger partial charge in [-0.05, 0) is 36.6 Å². The molecule has 0 amide bonds. The van der Waals surface area contributed by atoms with E-state index in [1.165, 1.54) is 12.1 Å². The second-order valence-corrected chi connectivity index (χ2v) is 5.52. The third-order valence-corrected chi connectivity index (χ3v) is 3.79. The van der Waals surface area contributed by atoms with E-state index in [1.807, 2.05) is 12.1 Å². The summed E-state index contributed by atoms with van der Waals surface area (Å²) in [5.41, 5.74) is 7.76. The standard InChI is InChI=1S/C16H13FN4O/c17-12-3-1-2-10(8-12)11-4-5-13(19-9-11)14-20-15(22-21-14)16(18)6-7-16/h1-5,8-9H,6-7,18H2. The largest absolute Gasteiger partial charge is 0.337 e. The fourth-order valence-electron chi connectivity index (χ4n) is 2.24. The second-order valence-electron chi connectivity index (χ2n) is 5.52. The molecule has 0 aliphatic heterocycles. The first-order chi connectivity index (χ1) is 10.6. The van der Waals surface area contributed by atoms with Crippen LogP contribution < -0.4 is 5.73 Å². The smallest absolute Gasteiger partial charge is 0.247 e. The number of hydrogen-bond acceptors (Lipinski definition) is 5. The zero-order valence-electron chi connectivity index (χ0n) is 11.7. The Bertz CT molecular complexity index is 824. The summed E-state index contributed by atoms with van der Waals surface area (Å²) in [7, 11) is 0. The van der Waals surface area contributed by atoms with E-state index in [9.17, 15) is 4.39 Å². The SMILES string of the molecule is NC1(c2nc(-c3ccc(-c4cccc(F)c4)cn3)no2)CC1. The van der Waals surface area contributed by atoms with E-state index >= 15 is 0 Å². The summed E-state index contributed by atoms with van der Waals surface area (Å²) in [4.78, 5) is 8.63. The maximum Gasteiger partial charge on any atom is 0.247 e. The molecule has 1 saturated carbocycles. The van der Waals surface area contributed by atoms with Gasteiger partial charge in [0.15, 0.2) is 0 Å². The minimum atomic E-state index is -0.452. The number of pyridine rings is 1. The Labute approximate surface area is 126 Å². The van der Waals surface area contributed by atoms with Crippen molar-refractivity contribution in [2.75, 3.05) is 0 Å². The average Bonchev–Trinajstić information content (AvgIpc) is 3.10. The van der Waals surface area contributed by atoms with Crippen molar-refractivity contribution in [2.24, 2.45) is 5.73 Å². The molecule has 1 aliphatic rings. The number of halogens is 1. The highest BCUT2D eigenvalue weighted by Gasteiger charge is 2.45. The van der Waals surface area contributed by atoms with Gasteiger partial charge in [-0.1, -0.05) is 23.4 Å². The van der Waals surface area contributed by atoms with Crippen LogP contribution in [0.1, 0.15) is 18.7 Å². The van der Waals surface area contributed by atoms with Crippen LogP contribution in [0.4, 0.5) is 4.39 Å². The minimum Gasteiger partial charge on any atom is -0.337 e. The third-order valence-electron chi connectivity index (χ3n) is 3.79. The van der Waals surface area contributed by atoms with E-state index in [2.05, 4.69) is 15.1 Å². The Kier molecular flexibility index (Phi) is 2.80. The second kappa shape index (κ2) is 4.71. The van der Waals surface area contributed by atoms with E-state index in [1.54, 1.807) is 18.3 Å². The third kappa shape index (κ3) is 2.27. The van der Waals surface area contributed by atoms with Gasteiger partial charge in [0, 0.05) is 11.8 Å². The van der Waals surface area contributed by atoms with Crippen LogP contribution in [0, 0.1) is 5.82 Å². The lowest BCUT2D eigenvalue weighted by molar-refractivity contribution is 0.348. The Balaban J connectivity index is 1.63. The van der Waals surface area contributed by atoms with Gasteiger partial charge in [0.2, 0.25) is 11.7 Å². The van der Waals surface area contributed by atoms with Crippen molar-refractivity contribution in [1.82, 2.24) is 15.1 Å². The normalized spacial score (nSPS) is 15.7. The van der Waals surface area contributed by atoms with Gasteiger partial charge >= 0.3 is 0 Å². The van der Waals surface area contributed by atoms with Crippen LogP contribution in [0.5, 0.6) is 0 Å². The van der Waals surface area contributed by atoms with Gasteiger partial charge in [-0.2, -0.15) is 4.98 Å². The molecule has 22 heavy (non-hydrogen) atoms. The number of benzene rings is 1. The summed E-state index contributed by atoms with van der Waals surface area (Å²) in [5, 5.41) is 3.92. The molecule has 3 aromatic rings. The topological polar surface area (TPSA) is 77.8 Å². The number of hydrogen-bond donors (Lipinski definition) is 1. The molecule has 2 N–H and O–H groups in total. The Hall–Kier alpha value is -2.60. The van der Waals surface area contributed by atoms with Crippen molar-refractivity contribution in [3.05, 3.63) is 54.3 Å². The Morgan fingerprint density at radius 1 is 1.14 bits per heavy atom. The molecule has 0 spiro atoms. The van der Waals surface area contributed by atoms with Crippen molar-refractivity contribution in [3.63, 3.8) is 0 Å². The summed E-state index contributed by atoms with van der Waals surface area (Å²) < 4.78 is 18.5. The fourth-order valence-corrected chi connectivity index (χ4v) is 2.24. The molecular weight excluding hydrogens is 283 g/mol. The molecule has 0 bridgehead atoms. The van der Waals surface area contributed by atoms with E-state index in [0.717, 1.165) is 24.0 Å². The molecule has 0 unspecified atom stereocenters. The van der Waals surface area contributed by atoms with Gasteiger partial charge < -0.3 is 10.3 Å². The highest BCUT2D eigenvalue weighted by Crippen LogP contribution is 2.42. The quantitative estimate of drug-likeness (QED) is 0.804. The molecular formula is C16H13FN4O. The van der Waals surface area contributed by atoms with Crippen molar-refractivity contribution in [2.45, 2.75) is 18.4 Å². The lowest BCUT2D eigenvalue weighted by Crippen LogP contribution is -2.18. The van der Waals surface area contributed by atoms with Gasteiger partial charge in [0.1, 0.15) is 11.5 Å². The van der Waals surface area contributed by atoms with Crippen molar-refractivity contribution in [1.29, 1.82) is 0 Å². The Morgan fingerprint density at radius 3 is 2.68 bits per heavy atom. The van der Waals surface area contributed by atoms with Crippen LogP contribution in [0.3, 0.4) is 0 Å². The number of nitrogens with zero attached hydrogens (tertiary/aromatic N) is 3. The molecule has 6 heteroatoms. The maximum atomic E-state index is 13.3. The van der Waals surface area contributed by atoms with Crippen LogP contribution in [-0.2, 0) is 5.54 Å². The maximum absolute atomic E-state index is 13.3. The van der Waals surface area contributed by atoms with Crippen molar-refractivity contribution >= 4 is 0 Å². The fraction of sp³-hybridized carbons (Fsp3) is 0.188. The van der Waals surface area contributed by atoms with Gasteiger partial charge in [-0.15, -0.1) is 0 Å². The number of nitrogens with two attached hydrogens (primary N) is 1. The molecule has 0 atom stereocenters. The average molecular weight is 296 g/mol. The molecule has 5 nitrogen and oxygen atoms in total. The number of aromatic nitrogens is 3. The first kappa shape index (κ1) is 13.1. The molecule has 2 aromatic heterocycles. The van der Waals surface area contributed by atoms with Gasteiger partial charge in [0.05, 0.1) is 5.54 Å². The lowest BCUT2D eigenvalue weighted by Gasteiger charge is -2.02.